The highest BCUT2D eigenvalue weighted by atomic mass is 35.5. The number of morpholine rings is 1. The molecule has 0 bridgehead atoms. The van der Waals surface area contributed by atoms with E-state index in [2.05, 4.69) is 10.2 Å². The van der Waals surface area contributed by atoms with Crippen LogP contribution in [0.15, 0.2) is 29.2 Å². The van der Waals surface area contributed by atoms with E-state index in [1.807, 2.05) is 30.3 Å². The topological polar surface area (TPSA) is 61.9 Å². The van der Waals surface area contributed by atoms with Crippen LogP contribution in [-0.2, 0) is 14.3 Å². The second kappa shape index (κ2) is 10.9. The molecule has 1 N–H and O–H groups in total. The van der Waals surface area contributed by atoms with Gasteiger partial charge in [-0.15, -0.1) is 11.8 Å². The standard InChI is InChI=1S/C23H30ClN3O3S/c24-18-5-3-4-17(14-18)15-21-23(29)27(19-6-1-2-7-20(19)31-21)16-22(28)25-8-9-26-10-12-30-13-11-26/h3-5,14-15,19-20H,1-2,6-13,16H2,(H,25,28)/b21-15+. The Kier molecular flexibility index (Phi) is 7.93. The van der Waals surface area contributed by atoms with Gasteiger partial charge in [0.1, 0.15) is 6.54 Å². The van der Waals surface area contributed by atoms with Crippen LogP contribution in [0, 0.1) is 0 Å². The van der Waals surface area contributed by atoms with Crippen LogP contribution in [0.4, 0.5) is 0 Å². The van der Waals surface area contributed by atoms with Crippen molar-refractivity contribution in [3.05, 3.63) is 39.8 Å². The first-order valence-corrected chi connectivity index (χ1v) is 12.4. The molecular formula is C23H30ClN3O3S. The number of carbonyl (C=O) groups excluding carboxylic acids is 2. The Bertz CT molecular complexity index is 828. The molecule has 8 heteroatoms. The molecule has 2 atom stereocenters. The van der Waals surface area contributed by atoms with Gasteiger partial charge in [0, 0.05) is 42.5 Å². The van der Waals surface area contributed by atoms with Crippen molar-refractivity contribution in [1.29, 1.82) is 0 Å². The van der Waals surface area contributed by atoms with Crippen LogP contribution in [0.3, 0.4) is 0 Å². The number of hydrogen-bond donors (Lipinski definition) is 1. The molecule has 3 fully saturated rings. The molecule has 31 heavy (non-hydrogen) atoms. The summed E-state index contributed by atoms with van der Waals surface area (Å²) in [4.78, 5) is 30.8. The first kappa shape index (κ1) is 22.6. The number of nitrogens with zero attached hydrogens (tertiary/aromatic N) is 2. The highest BCUT2D eigenvalue weighted by Gasteiger charge is 2.41. The zero-order valence-electron chi connectivity index (χ0n) is 17.7. The van der Waals surface area contributed by atoms with Crippen LogP contribution in [-0.4, -0.2) is 78.8 Å². The number of ether oxygens (including phenoxy) is 1. The minimum Gasteiger partial charge on any atom is -0.379 e. The number of amides is 2. The zero-order chi connectivity index (χ0) is 21.6. The van der Waals surface area contributed by atoms with Gasteiger partial charge in [0.25, 0.3) is 5.91 Å². The lowest BCUT2D eigenvalue weighted by molar-refractivity contribution is -0.135. The number of halogens is 1. The summed E-state index contributed by atoms with van der Waals surface area (Å²) in [6.45, 7) is 4.83. The Morgan fingerprint density at radius 1 is 1.26 bits per heavy atom. The maximum absolute atomic E-state index is 13.3. The van der Waals surface area contributed by atoms with E-state index in [0.29, 0.717) is 21.7 Å². The second-order valence-electron chi connectivity index (χ2n) is 8.31. The molecule has 2 saturated heterocycles. The van der Waals surface area contributed by atoms with Gasteiger partial charge in [-0.05, 0) is 36.6 Å². The molecule has 4 rings (SSSR count). The lowest BCUT2D eigenvalue weighted by atomic mass is 9.93. The second-order valence-corrected chi connectivity index (χ2v) is 10.0. The highest BCUT2D eigenvalue weighted by Crippen LogP contribution is 2.42. The molecule has 1 saturated carbocycles. The molecule has 1 aliphatic carbocycles. The Morgan fingerprint density at radius 2 is 2.06 bits per heavy atom. The molecule has 2 amide bonds. The molecule has 0 spiro atoms. The van der Waals surface area contributed by atoms with E-state index in [0.717, 1.165) is 57.7 Å². The van der Waals surface area contributed by atoms with E-state index in [-0.39, 0.29) is 24.4 Å². The SMILES string of the molecule is O=C(CN1C(=O)/C(=C\c2cccc(Cl)c2)SC2CCCCC21)NCCN1CCOCC1. The Labute approximate surface area is 193 Å². The Hall–Kier alpha value is -1.54. The summed E-state index contributed by atoms with van der Waals surface area (Å²) in [5, 5.41) is 4.00. The molecule has 6 nitrogen and oxygen atoms in total. The normalized spacial score (nSPS) is 26.0. The molecule has 0 aromatic heterocycles. The highest BCUT2D eigenvalue weighted by molar-refractivity contribution is 8.04. The third-order valence-corrected chi connectivity index (χ3v) is 7.77. The molecule has 168 valence electrons. The Balaban J connectivity index is 1.41. The van der Waals surface area contributed by atoms with Crippen molar-refractivity contribution in [2.24, 2.45) is 0 Å². The molecule has 2 unspecified atom stereocenters. The molecular weight excluding hydrogens is 434 g/mol. The van der Waals surface area contributed by atoms with Crippen LogP contribution in [0.5, 0.6) is 0 Å². The summed E-state index contributed by atoms with van der Waals surface area (Å²) >= 11 is 7.79. The van der Waals surface area contributed by atoms with Crippen LogP contribution >= 0.6 is 23.4 Å². The lowest BCUT2D eigenvalue weighted by Gasteiger charge is -2.43. The van der Waals surface area contributed by atoms with E-state index in [9.17, 15) is 9.59 Å². The molecule has 0 radical (unpaired) electrons. The molecule has 2 heterocycles. The summed E-state index contributed by atoms with van der Waals surface area (Å²) in [6, 6.07) is 7.65. The minimum atomic E-state index is -0.0834. The molecule has 2 aliphatic heterocycles. The third-order valence-electron chi connectivity index (χ3n) is 6.13. The molecule has 1 aromatic carbocycles. The fourth-order valence-electron chi connectivity index (χ4n) is 4.50. The van der Waals surface area contributed by atoms with Gasteiger partial charge in [-0.25, -0.2) is 0 Å². The van der Waals surface area contributed by atoms with Crippen molar-refractivity contribution in [2.45, 2.75) is 37.0 Å². The van der Waals surface area contributed by atoms with Crippen molar-refractivity contribution in [2.75, 3.05) is 45.9 Å². The Morgan fingerprint density at radius 3 is 2.87 bits per heavy atom. The summed E-state index contributed by atoms with van der Waals surface area (Å²) in [5.41, 5.74) is 0.910. The fraction of sp³-hybridized carbons (Fsp3) is 0.565. The average Bonchev–Trinajstić information content (AvgIpc) is 2.77. The van der Waals surface area contributed by atoms with Crippen LogP contribution in [0.2, 0.25) is 5.02 Å². The number of rotatable bonds is 6. The number of carbonyl (C=O) groups is 2. The van der Waals surface area contributed by atoms with Crippen molar-refractivity contribution in [3.63, 3.8) is 0 Å². The first-order chi connectivity index (χ1) is 15.1. The summed E-state index contributed by atoms with van der Waals surface area (Å²) in [6.07, 6.45) is 6.23. The third kappa shape index (κ3) is 6.04. The largest absolute Gasteiger partial charge is 0.379 e. The van der Waals surface area contributed by atoms with Crippen molar-refractivity contribution in [1.82, 2.24) is 15.1 Å². The van der Waals surface area contributed by atoms with Crippen molar-refractivity contribution < 1.29 is 14.3 Å². The van der Waals surface area contributed by atoms with Crippen molar-refractivity contribution >= 4 is 41.3 Å². The van der Waals surface area contributed by atoms with Gasteiger partial charge in [-0.3, -0.25) is 14.5 Å². The summed E-state index contributed by atoms with van der Waals surface area (Å²) in [5.74, 6) is -0.128. The summed E-state index contributed by atoms with van der Waals surface area (Å²) < 4.78 is 5.36. The number of fused-ring (bicyclic) bond motifs is 1. The molecule has 1 aromatic rings. The van der Waals surface area contributed by atoms with Gasteiger partial charge in [-0.1, -0.05) is 36.6 Å². The average molecular weight is 464 g/mol. The number of nitrogens with one attached hydrogen (secondary N) is 1. The van der Waals surface area contributed by atoms with Crippen LogP contribution in [0.25, 0.3) is 6.08 Å². The molecule has 3 aliphatic rings. The number of benzene rings is 1. The van der Waals surface area contributed by atoms with Gasteiger partial charge in [0.2, 0.25) is 5.91 Å². The minimum absolute atomic E-state index is 0.0449. The van der Waals surface area contributed by atoms with E-state index in [1.54, 1.807) is 16.7 Å². The predicted octanol–water partition coefficient (Wildman–Crippen LogP) is 3.02. The monoisotopic (exact) mass is 463 g/mol. The van der Waals surface area contributed by atoms with E-state index in [4.69, 9.17) is 16.3 Å². The van der Waals surface area contributed by atoms with E-state index < -0.39 is 0 Å². The van der Waals surface area contributed by atoms with Gasteiger partial charge in [0.15, 0.2) is 0 Å². The predicted molar refractivity (Wildman–Crippen MR) is 125 cm³/mol. The fourth-order valence-corrected chi connectivity index (χ4v) is 6.17. The van der Waals surface area contributed by atoms with Crippen LogP contribution < -0.4 is 5.32 Å². The summed E-state index contributed by atoms with van der Waals surface area (Å²) in [7, 11) is 0. The smallest absolute Gasteiger partial charge is 0.261 e. The quantitative estimate of drug-likeness (QED) is 0.657. The first-order valence-electron chi connectivity index (χ1n) is 11.1. The maximum Gasteiger partial charge on any atom is 0.261 e. The van der Waals surface area contributed by atoms with Crippen LogP contribution in [0.1, 0.15) is 31.2 Å². The number of thioether (sulfide) groups is 1. The maximum atomic E-state index is 13.3. The lowest BCUT2D eigenvalue weighted by Crippen LogP contribution is -2.54. The van der Waals surface area contributed by atoms with Gasteiger partial charge in [-0.2, -0.15) is 0 Å². The van der Waals surface area contributed by atoms with Gasteiger partial charge >= 0.3 is 0 Å². The zero-order valence-corrected chi connectivity index (χ0v) is 19.3. The van der Waals surface area contributed by atoms with Gasteiger partial charge < -0.3 is 15.0 Å². The van der Waals surface area contributed by atoms with Gasteiger partial charge in [0.05, 0.1) is 18.1 Å². The van der Waals surface area contributed by atoms with Crippen molar-refractivity contribution in [3.8, 4) is 0 Å². The van der Waals surface area contributed by atoms with E-state index in [1.165, 1.54) is 6.42 Å². The number of hydrogen-bond acceptors (Lipinski definition) is 5. The van der Waals surface area contributed by atoms with E-state index >= 15 is 0 Å².